The highest BCUT2D eigenvalue weighted by Gasteiger charge is 2.39. The molecule has 0 aromatic heterocycles. The molecule has 2 rings (SSSR count). The Balaban J connectivity index is 1.63. The van der Waals surface area contributed by atoms with Crippen molar-refractivity contribution in [1.82, 2.24) is 4.90 Å². The van der Waals surface area contributed by atoms with Crippen molar-refractivity contribution >= 4 is 5.78 Å². The first-order valence-corrected chi connectivity index (χ1v) is 6.83. The van der Waals surface area contributed by atoms with Gasteiger partial charge in [0.1, 0.15) is 5.78 Å². The fraction of sp³-hybridized carbons (Fsp3) is 0.929. The molecule has 0 aliphatic heterocycles. The van der Waals surface area contributed by atoms with Crippen LogP contribution in [0, 0.1) is 17.8 Å². The molecule has 0 aromatic rings. The van der Waals surface area contributed by atoms with Crippen LogP contribution in [0.25, 0.3) is 0 Å². The first-order chi connectivity index (χ1) is 7.65. The van der Waals surface area contributed by atoms with Crippen LogP contribution in [0.4, 0.5) is 0 Å². The average Bonchev–Trinajstić information content (AvgIpc) is 2.78. The molecule has 0 N–H and O–H groups in total. The summed E-state index contributed by atoms with van der Waals surface area (Å²) in [6, 6.07) is 0. The van der Waals surface area contributed by atoms with E-state index in [1.54, 1.807) is 6.92 Å². The minimum absolute atomic E-state index is 0.327. The normalized spacial score (nSPS) is 32.6. The van der Waals surface area contributed by atoms with Crippen LogP contribution in [-0.4, -0.2) is 30.8 Å². The van der Waals surface area contributed by atoms with Crippen LogP contribution in [0.1, 0.15) is 45.4 Å². The number of ketones is 1. The second-order valence-corrected chi connectivity index (χ2v) is 6.00. The van der Waals surface area contributed by atoms with Crippen molar-refractivity contribution in [2.45, 2.75) is 45.4 Å². The second kappa shape index (κ2) is 5.31. The minimum Gasteiger partial charge on any atom is -0.306 e. The van der Waals surface area contributed by atoms with Crippen LogP contribution in [0.3, 0.4) is 0 Å². The maximum atomic E-state index is 10.9. The molecule has 2 nitrogen and oxygen atoms in total. The van der Waals surface area contributed by atoms with Gasteiger partial charge in [0.05, 0.1) is 0 Å². The van der Waals surface area contributed by atoms with Gasteiger partial charge in [0.2, 0.25) is 0 Å². The van der Waals surface area contributed by atoms with E-state index in [4.69, 9.17) is 0 Å². The summed E-state index contributed by atoms with van der Waals surface area (Å²) in [5.74, 6) is 3.37. The summed E-state index contributed by atoms with van der Waals surface area (Å²) >= 11 is 0. The number of hydrogen-bond donors (Lipinski definition) is 0. The summed E-state index contributed by atoms with van der Waals surface area (Å²) in [4.78, 5) is 13.3. The number of fused-ring (bicyclic) bond motifs is 2. The first-order valence-electron chi connectivity index (χ1n) is 6.83. The summed E-state index contributed by atoms with van der Waals surface area (Å²) in [5.41, 5.74) is 0. The first kappa shape index (κ1) is 12.1. The fourth-order valence-electron chi connectivity index (χ4n) is 3.69. The molecular formula is C14H25NO. The van der Waals surface area contributed by atoms with Crippen molar-refractivity contribution < 1.29 is 4.79 Å². The van der Waals surface area contributed by atoms with Crippen LogP contribution in [0.2, 0.25) is 0 Å². The Morgan fingerprint density at radius 1 is 1.31 bits per heavy atom. The lowest BCUT2D eigenvalue weighted by molar-refractivity contribution is -0.117. The van der Waals surface area contributed by atoms with Gasteiger partial charge >= 0.3 is 0 Å². The molecule has 16 heavy (non-hydrogen) atoms. The molecule has 2 saturated carbocycles. The average molecular weight is 223 g/mol. The van der Waals surface area contributed by atoms with E-state index >= 15 is 0 Å². The van der Waals surface area contributed by atoms with E-state index < -0.39 is 0 Å². The molecule has 0 saturated heterocycles. The van der Waals surface area contributed by atoms with Crippen molar-refractivity contribution in [2.75, 3.05) is 20.1 Å². The predicted molar refractivity (Wildman–Crippen MR) is 66.4 cm³/mol. The highest BCUT2D eigenvalue weighted by atomic mass is 16.1. The van der Waals surface area contributed by atoms with Gasteiger partial charge in [-0.1, -0.05) is 6.42 Å². The van der Waals surface area contributed by atoms with Crippen molar-refractivity contribution in [3.8, 4) is 0 Å². The Morgan fingerprint density at radius 3 is 2.69 bits per heavy atom. The zero-order chi connectivity index (χ0) is 11.5. The molecule has 2 aliphatic rings. The van der Waals surface area contributed by atoms with Gasteiger partial charge in [-0.05, 0) is 64.0 Å². The number of carbonyl (C=O) groups excluding carboxylic acids is 1. The van der Waals surface area contributed by atoms with Gasteiger partial charge in [-0.25, -0.2) is 0 Å². The van der Waals surface area contributed by atoms with Crippen LogP contribution in [0.5, 0.6) is 0 Å². The molecule has 3 unspecified atom stereocenters. The number of hydrogen-bond acceptors (Lipinski definition) is 2. The Kier molecular flexibility index (Phi) is 4.01. The molecule has 0 heterocycles. The Labute approximate surface area is 99.4 Å². The van der Waals surface area contributed by atoms with Gasteiger partial charge in [0.15, 0.2) is 0 Å². The zero-order valence-corrected chi connectivity index (χ0v) is 10.7. The van der Waals surface area contributed by atoms with Gasteiger partial charge in [-0.3, -0.25) is 0 Å². The topological polar surface area (TPSA) is 20.3 Å². The third-order valence-corrected chi connectivity index (χ3v) is 4.50. The number of nitrogens with zero attached hydrogens (tertiary/aromatic N) is 1. The third-order valence-electron chi connectivity index (χ3n) is 4.50. The summed E-state index contributed by atoms with van der Waals surface area (Å²) in [6.45, 7) is 4.04. The molecule has 92 valence electrons. The van der Waals surface area contributed by atoms with Crippen LogP contribution in [0.15, 0.2) is 0 Å². The van der Waals surface area contributed by atoms with Crippen molar-refractivity contribution in [2.24, 2.45) is 17.8 Å². The highest BCUT2D eigenvalue weighted by molar-refractivity contribution is 5.75. The second-order valence-electron chi connectivity index (χ2n) is 6.00. The van der Waals surface area contributed by atoms with E-state index in [2.05, 4.69) is 11.9 Å². The van der Waals surface area contributed by atoms with E-state index in [9.17, 15) is 4.79 Å². The molecule has 2 aliphatic carbocycles. The van der Waals surface area contributed by atoms with E-state index in [0.717, 1.165) is 37.1 Å². The van der Waals surface area contributed by atoms with Gasteiger partial charge in [0.25, 0.3) is 0 Å². The predicted octanol–water partition coefficient (Wildman–Crippen LogP) is 2.72. The lowest BCUT2D eigenvalue weighted by Gasteiger charge is -2.27. The van der Waals surface area contributed by atoms with Crippen LogP contribution >= 0.6 is 0 Å². The molecule has 3 atom stereocenters. The van der Waals surface area contributed by atoms with Gasteiger partial charge in [0, 0.05) is 13.0 Å². The van der Waals surface area contributed by atoms with Gasteiger partial charge in [-0.15, -0.1) is 0 Å². The third kappa shape index (κ3) is 3.07. The van der Waals surface area contributed by atoms with E-state index in [1.807, 2.05) is 0 Å². The molecule has 0 radical (unpaired) electrons. The Morgan fingerprint density at radius 2 is 2.12 bits per heavy atom. The number of rotatable bonds is 6. The van der Waals surface area contributed by atoms with Crippen LogP contribution < -0.4 is 0 Å². The van der Waals surface area contributed by atoms with E-state index in [1.165, 1.54) is 32.2 Å². The maximum absolute atomic E-state index is 10.9. The summed E-state index contributed by atoms with van der Waals surface area (Å²) in [6.07, 6.45) is 7.74. The lowest BCUT2D eigenvalue weighted by atomic mass is 9.88. The molecule has 0 spiro atoms. The van der Waals surface area contributed by atoms with Crippen molar-refractivity contribution in [3.63, 3.8) is 0 Å². The van der Waals surface area contributed by atoms with Gasteiger partial charge in [-0.2, -0.15) is 0 Å². The van der Waals surface area contributed by atoms with Gasteiger partial charge < -0.3 is 9.69 Å². The largest absolute Gasteiger partial charge is 0.306 e. The zero-order valence-electron chi connectivity index (χ0n) is 10.7. The minimum atomic E-state index is 0.327. The standard InChI is InChI=1S/C14H25NO/c1-11(16)4-3-7-15(2)10-14-9-12-5-6-13(14)8-12/h12-14H,3-10H2,1-2H3. The monoisotopic (exact) mass is 223 g/mol. The maximum Gasteiger partial charge on any atom is 0.129 e. The SMILES string of the molecule is CC(=O)CCCN(C)CC1CC2CCC1C2. The summed E-state index contributed by atoms with van der Waals surface area (Å²) in [5, 5.41) is 0. The molecular weight excluding hydrogens is 198 g/mol. The Hall–Kier alpha value is -0.370. The highest BCUT2D eigenvalue weighted by Crippen LogP contribution is 2.48. The summed E-state index contributed by atoms with van der Waals surface area (Å²) in [7, 11) is 2.21. The molecule has 0 amide bonds. The number of carbonyl (C=O) groups is 1. The molecule has 0 aromatic carbocycles. The van der Waals surface area contributed by atoms with E-state index in [0.29, 0.717) is 5.78 Å². The Bertz CT molecular complexity index is 251. The molecule has 2 heteroatoms. The molecule has 2 fully saturated rings. The molecule has 2 bridgehead atoms. The fourth-order valence-corrected chi connectivity index (χ4v) is 3.69. The number of Topliss-reactive ketones (excluding diaryl/α,β-unsaturated/α-hetero) is 1. The smallest absolute Gasteiger partial charge is 0.129 e. The van der Waals surface area contributed by atoms with Crippen LogP contribution in [-0.2, 0) is 4.79 Å². The quantitative estimate of drug-likeness (QED) is 0.690. The van der Waals surface area contributed by atoms with E-state index in [-0.39, 0.29) is 0 Å². The van der Waals surface area contributed by atoms with Crippen molar-refractivity contribution in [3.05, 3.63) is 0 Å². The lowest BCUT2D eigenvalue weighted by Crippen LogP contribution is -2.29. The van der Waals surface area contributed by atoms with Crippen molar-refractivity contribution in [1.29, 1.82) is 0 Å². The summed E-state index contributed by atoms with van der Waals surface area (Å²) < 4.78 is 0.